The maximum atomic E-state index is 12.6. The number of allylic oxidation sites excluding steroid dienone is 2. The van der Waals surface area contributed by atoms with Gasteiger partial charge in [0.15, 0.2) is 0 Å². The van der Waals surface area contributed by atoms with Crippen LogP contribution in [0.1, 0.15) is 12.8 Å². The van der Waals surface area contributed by atoms with Gasteiger partial charge in [-0.15, -0.1) is 0 Å². The first-order valence-electron chi connectivity index (χ1n) is 6.88. The van der Waals surface area contributed by atoms with Crippen LogP contribution in [0.25, 0.3) is 0 Å². The van der Waals surface area contributed by atoms with E-state index in [9.17, 15) is 9.59 Å². The Morgan fingerprint density at radius 1 is 0.842 bits per heavy atom. The summed E-state index contributed by atoms with van der Waals surface area (Å²) in [5, 5.41) is 0. The Hall–Kier alpha value is -1.90. The zero-order valence-electron chi connectivity index (χ0n) is 10.5. The van der Waals surface area contributed by atoms with Gasteiger partial charge in [-0.3, -0.25) is 14.5 Å². The average molecular weight is 253 g/mol. The van der Waals surface area contributed by atoms with Crippen molar-refractivity contribution >= 4 is 17.5 Å². The molecule has 1 aliphatic heterocycles. The molecule has 4 atom stereocenters. The lowest BCUT2D eigenvalue weighted by Gasteiger charge is -2.38. The molecule has 0 radical (unpaired) electrons. The van der Waals surface area contributed by atoms with Crippen LogP contribution in [-0.2, 0) is 9.59 Å². The smallest absolute Gasteiger partial charge is 0.238 e. The summed E-state index contributed by atoms with van der Waals surface area (Å²) >= 11 is 0. The molecule has 3 aliphatic carbocycles. The van der Waals surface area contributed by atoms with Crippen LogP contribution in [0.2, 0.25) is 0 Å². The highest BCUT2D eigenvalue weighted by atomic mass is 16.2. The van der Waals surface area contributed by atoms with Gasteiger partial charge in [-0.1, -0.05) is 30.4 Å². The maximum absolute atomic E-state index is 12.6. The van der Waals surface area contributed by atoms with Gasteiger partial charge in [0.25, 0.3) is 0 Å². The number of benzene rings is 1. The average Bonchev–Trinajstić information content (AvgIpc) is 2.75. The number of nitrogens with zero attached hydrogens (tertiary/aromatic N) is 1. The van der Waals surface area contributed by atoms with Gasteiger partial charge in [0.1, 0.15) is 0 Å². The number of para-hydroxylation sites is 1. The number of carbonyl (C=O) groups excluding carboxylic acids is 2. The van der Waals surface area contributed by atoms with Gasteiger partial charge < -0.3 is 0 Å². The molecule has 0 unspecified atom stereocenters. The fourth-order valence-electron chi connectivity index (χ4n) is 3.91. The van der Waals surface area contributed by atoms with E-state index < -0.39 is 0 Å². The summed E-state index contributed by atoms with van der Waals surface area (Å²) in [5.41, 5.74) is 0.714. The van der Waals surface area contributed by atoms with Crippen LogP contribution >= 0.6 is 0 Å². The Morgan fingerprint density at radius 2 is 1.37 bits per heavy atom. The van der Waals surface area contributed by atoms with E-state index in [0.29, 0.717) is 5.69 Å². The van der Waals surface area contributed by atoms with Crippen LogP contribution < -0.4 is 4.90 Å². The number of rotatable bonds is 1. The van der Waals surface area contributed by atoms with Gasteiger partial charge in [0, 0.05) is 0 Å². The second-order valence-electron chi connectivity index (χ2n) is 5.69. The van der Waals surface area contributed by atoms with Crippen molar-refractivity contribution in [1.82, 2.24) is 0 Å². The lowest BCUT2D eigenvalue weighted by Crippen LogP contribution is -2.38. The predicted octanol–water partition coefficient (Wildman–Crippen LogP) is 2.39. The molecular weight excluding hydrogens is 238 g/mol. The van der Waals surface area contributed by atoms with E-state index in [1.807, 2.05) is 30.3 Å². The van der Waals surface area contributed by atoms with Crippen molar-refractivity contribution in [3.8, 4) is 0 Å². The number of hydrogen-bond donors (Lipinski definition) is 0. The quantitative estimate of drug-likeness (QED) is 0.569. The first kappa shape index (κ1) is 11.0. The molecule has 4 aliphatic rings. The van der Waals surface area contributed by atoms with Crippen LogP contribution in [0.3, 0.4) is 0 Å². The third-order valence-corrected chi connectivity index (χ3v) is 4.77. The Bertz CT molecular complexity index is 546. The van der Waals surface area contributed by atoms with Gasteiger partial charge in [-0.05, 0) is 36.8 Å². The second kappa shape index (κ2) is 3.80. The first-order valence-corrected chi connectivity index (χ1v) is 6.88. The summed E-state index contributed by atoms with van der Waals surface area (Å²) in [6.07, 6.45) is 6.39. The number of hydrogen-bond acceptors (Lipinski definition) is 2. The number of amides is 2. The second-order valence-corrected chi connectivity index (χ2v) is 5.69. The number of carbonyl (C=O) groups is 2. The molecule has 96 valence electrons. The van der Waals surface area contributed by atoms with Crippen molar-refractivity contribution in [3.05, 3.63) is 42.5 Å². The summed E-state index contributed by atoms with van der Waals surface area (Å²) in [6, 6.07) is 9.30. The molecule has 0 aromatic heterocycles. The molecule has 1 aromatic carbocycles. The minimum Gasteiger partial charge on any atom is -0.274 e. The van der Waals surface area contributed by atoms with E-state index >= 15 is 0 Å². The standard InChI is InChI=1S/C16H15NO2/c18-15-13-10-6-7-11(9-8-10)14(13)16(19)17(15)12-4-2-1-3-5-12/h1-7,10-11,13-14H,8-9H2/t10-,11-,13-,14+/m1/s1. The van der Waals surface area contributed by atoms with E-state index in [1.165, 1.54) is 4.90 Å². The largest absolute Gasteiger partial charge is 0.274 e. The Morgan fingerprint density at radius 3 is 1.84 bits per heavy atom. The summed E-state index contributed by atoms with van der Waals surface area (Å²) in [7, 11) is 0. The molecule has 1 saturated carbocycles. The maximum Gasteiger partial charge on any atom is 0.238 e. The van der Waals surface area contributed by atoms with Gasteiger partial charge in [0.05, 0.1) is 17.5 Å². The monoisotopic (exact) mass is 253 g/mol. The van der Waals surface area contributed by atoms with Gasteiger partial charge in [0.2, 0.25) is 11.8 Å². The summed E-state index contributed by atoms with van der Waals surface area (Å²) in [4.78, 5) is 26.6. The minimum atomic E-state index is -0.114. The summed E-state index contributed by atoms with van der Waals surface area (Å²) < 4.78 is 0. The molecule has 5 rings (SSSR count). The number of fused-ring (bicyclic) bond motifs is 1. The fraction of sp³-hybridized carbons (Fsp3) is 0.375. The molecule has 1 heterocycles. The van der Waals surface area contributed by atoms with Crippen molar-refractivity contribution in [1.29, 1.82) is 0 Å². The van der Waals surface area contributed by atoms with E-state index in [2.05, 4.69) is 12.2 Å². The highest BCUT2D eigenvalue weighted by molar-refractivity contribution is 6.22. The van der Waals surface area contributed by atoms with Crippen molar-refractivity contribution < 1.29 is 9.59 Å². The molecule has 3 heteroatoms. The van der Waals surface area contributed by atoms with Gasteiger partial charge >= 0.3 is 0 Å². The van der Waals surface area contributed by atoms with Crippen LogP contribution in [0.4, 0.5) is 5.69 Å². The molecule has 3 nitrogen and oxygen atoms in total. The van der Waals surface area contributed by atoms with Crippen molar-refractivity contribution in [2.24, 2.45) is 23.7 Å². The minimum absolute atomic E-state index is 0.000231. The molecule has 2 bridgehead atoms. The van der Waals surface area contributed by atoms with Crippen LogP contribution in [0, 0.1) is 23.7 Å². The van der Waals surface area contributed by atoms with Crippen LogP contribution in [0.15, 0.2) is 42.5 Å². The van der Waals surface area contributed by atoms with Crippen molar-refractivity contribution in [2.45, 2.75) is 12.8 Å². The molecule has 19 heavy (non-hydrogen) atoms. The van der Waals surface area contributed by atoms with E-state index in [4.69, 9.17) is 0 Å². The molecule has 1 saturated heterocycles. The molecule has 2 fully saturated rings. The van der Waals surface area contributed by atoms with Crippen LogP contribution in [0.5, 0.6) is 0 Å². The third-order valence-electron chi connectivity index (χ3n) is 4.77. The number of anilines is 1. The topological polar surface area (TPSA) is 37.4 Å². The third kappa shape index (κ3) is 1.38. The van der Waals surface area contributed by atoms with E-state index in [-0.39, 0.29) is 35.5 Å². The molecule has 0 N–H and O–H groups in total. The molecule has 0 spiro atoms. The van der Waals surface area contributed by atoms with Gasteiger partial charge in [-0.25, -0.2) is 0 Å². The SMILES string of the molecule is O=C1[C@@H]2[C@H](C(=O)N1c1ccccc1)[C@@H]1C=C[C@@H]2CC1. The predicted molar refractivity (Wildman–Crippen MR) is 71.3 cm³/mol. The van der Waals surface area contributed by atoms with E-state index in [1.54, 1.807) is 0 Å². The number of imide groups is 1. The van der Waals surface area contributed by atoms with Crippen molar-refractivity contribution in [3.63, 3.8) is 0 Å². The fourth-order valence-corrected chi connectivity index (χ4v) is 3.91. The Balaban J connectivity index is 1.78. The molecular formula is C16H15NO2. The Labute approximate surface area is 111 Å². The Kier molecular flexibility index (Phi) is 2.19. The lowest BCUT2D eigenvalue weighted by molar-refractivity contribution is -0.124. The first-order chi connectivity index (χ1) is 9.27. The highest BCUT2D eigenvalue weighted by Crippen LogP contribution is 2.50. The van der Waals surface area contributed by atoms with E-state index in [0.717, 1.165) is 12.8 Å². The summed E-state index contributed by atoms with van der Waals surface area (Å²) in [5.74, 6) is 0.300. The molecule has 1 aromatic rings. The summed E-state index contributed by atoms with van der Waals surface area (Å²) in [6.45, 7) is 0. The normalized spacial score (nSPS) is 35.9. The highest BCUT2D eigenvalue weighted by Gasteiger charge is 2.56. The van der Waals surface area contributed by atoms with Crippen LogP contribution in [-0.4, -0.2) is 11.8 Å². The van der Waals surface area contributed by atoms with Gasteiger partial charge in [-0.2, -0.15) is 0 Å². The van der Waals surface area contributed by atoms with Crippen molar-refractivity contribution in [2.75, 3.05) is 4.90 Å². The lowest BCUT2D eigenvalue weighted by atomic mass is 9.63. The molecule has 2 amide bonds. The zero-order chi connectivity index (χ0) is 13.0. The zero-order valence-corrected chi connectivity index (χ0v) is 10.5.